The van der Waals surface area contributed by atoms with Crippen LogP contribution in [0, 0.1) is 31.6 Å². The standard InChI is InChI=1S/C25H29ClN2O3S/c1-15-4-3-5-22(16(15)2)28-32(30,31)23-11-20(6-7-21(23)26)24(29)27-25-12-17-8-18(13-25)10-19(9-17)14-25/h3-7,11,17-19,28H,8-10,12-14H2,1-2H3,(H,27,29). The molecule has 2 N–H and O–H groups in total. The maximum Gasteiger partial charge on any atom is 0.263 e. The Hall–Kier alpha value is -2.05. The summed E-state index contributed by atoms with van der Waals surface area (Å²) in [5.41, 5.74) is 2.53. The molecule has 2 aromatic rings. The molecule has 5 nitrogen and oxygen atoms in total. The molecule has 7 heteroatoms. The van der Waals surface area contributed by atoms with E-state index >= 15 is 0 Å². The van der Waals surface area contributed by atoms with Gasteiger partial charge in [0.05, 0.1) is 10.7 Å². The van der Waals surface area contributed by atoms with Crippen molar-refractivity contribution < 1.29 is 13.2 Å². The van der Waals surface area contributed by atoms with Gasteiger partial charge >= 0.3 is 0 Å². The minimum atomic E-state index is -3.95. The van der Waals surface area contributed by atoms with Gasteiger partial charge in [0.15, 0.2) is 0 Å². The second kappa shape index (κ2) is 7.77. The summed E-state index contributed by atoms with van der Waals surface area (Å²) in [6, 6.07) is 9.94. The van der Waals surface area contributed by atoms with E-state index < -0.39 is 10.0 Å². The second-order valence-corrected chi connectivity index (χ2v) is 12.2. The number of benzene rings is 2. The lowest BCUT2D eigenvalue weighted by molar-refractivity contribution is -0.0167. The number of hydrogen-bond donors (Lipinski definition) is 2. The Labute approximate surface area is 195 Å². The van der Waals surface area contributed by atoms with Crippen molar-refractivity contribution in [2.24, 2.45) is 17.8 Å². The first-order valence-electron chi connectivity index (χ1n) is 11.4. The number of hydrogen-bond acceptors (Lipinski definition) is 3. The normalized spacial score (nSPS) is 28.5. The van der Waals surface area contributed by atoms with Crippen molar-refractivity contribution in [3.8, 4) is 0 Å². The molecule has 4 aliphatic rings. The van der Waals surface area contributed by atoms with Gasteiger partial charge in [-0.2, -0.15) is 0 Å². The Bertz CT molecular complexity index is 1160. The highest BCUT2D eigenvalue weighted by molar-refractivity contribution is 7.92. The van der Waals surface area contributed by atoms with Crippen LogP contribution in [-0.2, 0) is 10.0 Å². The Morgan fingerprint density at radius 3 is 2.25 bits per heavy atom. The number of nitrogens with one attached hydrogen (secondary N) is 2. The van der Waals surface area contributed by atoms with Crippen molar-refractivity contribution in [3.05, 3.63) is 58.1 Å². The highest BCUT2D eigenvalue weighted by Crippen LogP contribution is 2.55. The van der Waals surface area contributed by atoms with Crippen molar-refractivity contribution in [3.63, 3.8) is 0 Å². The fraction of sp³-hybridized carbons (Fsp3) is 0.480. The van der Waals surface area contributed by atoms with Crippen LogP contribution >= 0.6 is 11.6 Å². The van der Waals surface area contributed by atoms with Crippen molar-refractivity contribution in [2.75, 3.05) is 4.72 Å². The van der Waals surface area contributed by atoms with Crippen molar-refractivity contribution in [1.29, 1.82) is 0 Å². The average molecular weight is 473 g/mol. The molecule has 4 bridgehead atoms. The van der Waals surface area contributed by atoms with E-state index in [1.807, 2.05) is 19.9 Å². The third-order valence-corrected chi connectivity index (χ3v) is 9.60. The zero-order valence-corrected chi connectivity index (χ0v) is 20.0. The minimum Gasteiger partial charge on any atom is -0.347 e. The monoisotopic (exact) mass is 472 g/mol. The van der Waals surface area contributed by atoms with Crippen LogP contribution in [0.15, 0.2) is 41.3 Å². The SMILES string of the molecule is Cc1cccc(NS(=O)(=O)c2cc(C(=O)NC34CC5CC(CC(C5)C3)C4)ccc2Cl)c1C. The number of aryl methyl sites for hydroxylation is 1. The van der Waals surface area contributed by atoms with Gasteiger partial charge in [0.1, 0.15) is 4.90 Å². The third kappa shape index (κ3) is 3.92. The van der Waals surface area contributed by atoms with Gasteiger partial charge < -0.3 is 5.32 Å². The topological polar surface area (TPSA) is 75.3 Å². The molecule has 4 saturated carbocycles. The number of carbonyl (C=O) groups is 1. The fourth-order valence-corrected chi connectivity index (χ4v) is 8.14. The molecule has 4 aliphatic carbocycles. The van der Waals surface area contributed by atoms with Gasteiger partial charge in [0, 0.05) is 11.1 Å². The zero-order valence-electron chi connectivity index (χ0n) is 18.4. The number of rotatable bonds is 5. The Kier molecular flexibility index (Phi) is 5.29. The van der Waals surface area contributed by atoms with Crippen LogP contribution in [0.2, 0.25) is 5.02 Å². The highest BCUT2D eigenvalue weighted by atomic mass is 35.5. The van der Waals surface area contributed by atoms with Crippen LogP contribution in [0.1, 0.15) is 60.0 Å². The molecular formula is C25H29ClN2O3S. The molecule has 0 unspecified atom stereocenters. The molecule has 0 heterocycles. The fourth-order valence-electron chi connectivity index (χ4n) is 6.49. The van der Waals surface area contributed by atoms with E-state index in [1.165, 1.54) is 31.4 Å². The molecule has 0 aromatic heterocycles. The van der Waals surface area contributed by atoms with E-state index in [2.05, 4.69) is 10.0 Å². The molecule has 0 atom stereocenters. The van der Waals surface area contributed by atoms with Gasteiger partial charge in [-0.3, -0.25) is 9.52 Å². The molecule has 2 aromatic carbocycles. The van der Waals surface area contributed by atoms with E-state index in [0.717, 1.165) is 30.4 Å². The number of halogens is 1. The Balaban J connectivity index is 1.40. The van der Waals surface area contributed by atoms with Crippen LogP contribution in [0.5, 0.6) is 0 Å². The van der Waals surface area contributed by atoms with Gasteiger partial charge in [-0.15, -0.1) is 0 Å². The lowest BCUT2D eigenvalue weighted by Crippen LogP contribution is -2.59. The summed E-state index contributed by atoms with van der Waals surface area (Å²) in [5, 5.41) is 3.40. The van der Waals surface area contributed by atoms with Gasteiger partial charge in [-0.1, -0.05) is 23.7 Å². The van der Waals surface area contributed by atoms with E-state index in [1.54, 1.807) is 18.2 Å². The van der Waals surface area contributed by atoms with E-state index in [4.69, 9.17) is 11.6 Å². The second-order valence-electron chi connectivity index (χ2n) is 10.2. The summed E-state index contributed by atoms with van der Waals surface area (Å²) >= 11 is 6.27. The molecule has 32 heavy (non-hydrogen) atoms. The van der Waals surface area contributed by atoms with Crippen molar-refractivity contribution >= 4 is 33.2 Å². The van der Waals surface area contributed by atoms with Crippen LogP contribution in [0.4, 0.5) is 5.69 Å². The zero-order chi connectivity index (χ0) is 22.7. The quantitative estimate of drug-likeness (QED) is 0.607. The molecule has 0 spiro atoms. The van der Waals surface area contributed by atoms with Crippen LogP contribution < -0.4 is 10.0 Å². The van der Waals surface area contributed by atoms with Gasteiger partial charge in [-0.05, 0) is 106 Å². The number of amides is 1. The smallest absolute Gasteiger partial charge is 0.263 e. The molecule has 0 radical (unpaired) electrons. The van der Waals surface area contributed by atoms with Crippen LogP contribution in [0.25, 0.3) is 0 Å². The van der Waals surface area contributed by atoms with Gasteiger partial charge in [-0.25, -0.2) is 8.42 Å². The number of anilines is 1. The first kappa shape index (κ1) is 21.8. The summed E-state index contributed by atoms with van der Waals surface area (Å²) in [6.07, 6.45) is 7.00. The number of sulfonamides is 1. The molecule has 1 amide bonds. The predicted octanol–water partition coefficient (Wildman–Crippen LogP) is 5.46. The van der Waals surface area contributed by atoms with Gasteiger partial charge in [0.25, 0.3) is 15.9 Å². The number of carbonyl (C=O) groups excluding carboxylic acids is 1. The minimum absolute atomic E-state index is 0.0850. The molecule has 0 aliphatic heterocycles. The third-order valence-electron chi connectivity index (χ3n) is 7.75. The average Bonchev–Trinajstić information content (AvgIpc) is 2.70. The first-order valence-corrected chi connectivity index (χ1v) is 13.2. The highest BCUT2D eigenvalue weighted by Gasteiger charge is 2.51. The summed E-state index contributed by atoms with van der Waals surface area (Å²) in [4.78, 5) is 13.1. The van der Waals surface area contributed by atoms with Gasteiger partial charge in [0.2, 0.25) is 0 Å². The lowest BCUT2D eigenvalue weighted by atomic mass is 9.53. The van der Waals surface area contributed by atoms with E-state index in [0.29, 0.717) is 29.0 Å². The summed E-state index contributed by atoms with van der Waals surface area (Å²) in [7, 11) is -3.95. The molecule has 4 fully saturated rings. The molecular weight excluding hydrogens is 444 g/mol. The molecule has 6 rings (SSSR count). The molecule has 0 saturated heterocycles. The van der Waals surface area contributed by atoms with Crippen LogP contribution in [0.3, 0.4) is 0 Å². The molecule has 170 valence electrons. The van der Waals surface area contributed by atoms with Crippen molar-refractivity contribution in [1.82, 2.24) is 5.32 Å². The predicted molar refractivity (Wildman–Crippen MR) is 127 cm³/mol. The lowest BCUT2D eigenvalue weighted by Gasteiger charge is -2.56. The first-order chi connectivity index (χ1) is 15.1. The summed E-state index contributed by atoms with van der Waals surface area (Å²) in [5.74, 6) is 1.92. The van der Waals surface area contributed by atoms with Crippen LogP contribution in [-0.4, -0.2) is 19.9 Å². The largest absolute Gasteiger partial charge is 0.347 e. The Morgan fingerprint density at radius 2 is 1.62 bits per heavy atom. The van der Waals surface area contributed by atoms with Crippen molar-refractivity contribution in [2.45, 2.75) is 62.8 Å². The summed E-state index contributed by atoms with van der Waals surface area (Å²) in [6.45, 7) is 3.79. The van der Waals surface area contributed by atoms with E-state index in [-0.39, 0.29) is 21.4 Å². The van der Waals surface area contributed by atoms with E-state index in [9.17, 15) is 13.2 Å². The Morgan fingerprint density at radius 1 is 1.00 bits per heavy atom. The summed E-state index contributed by atoms with van der Waals surface area (Å²) < 4.78 is 28.9. The maximum absolute atomic E-state index is 13.2. The maximum atomic E-state index is 13.2.